The maximum absolute atomic E-state index is 12.7. The zero-order chi connectivity index (χ0) is 24.4. The van der Waals surface area contributed by atoms with Crippen molar-refractivity contribution in [3.8, 4) is 11.3 Å². The van der Waals surface area contributed by atoms with Crippen molar-refractivity contribution in [1.29, 1.82) is 0 Å². The van der Waals surface area contributed by atoms with Crippen LogP contribution in [0.2, 0.25) is 0 Å². The Morgan fingerprint density at radius 1 is 1.12 bits per heavy atom. The van der Waals surface area contributed by atoms with Crippen molar-refractivity contribution in [2.45, 2.75) is 0 Å². The highest BCUT2D eigenvalue weighted by Gasteiger charge is 2.36. The van der Waals surface area contributed by atoms with Gasteiger partial charge in [-0.05, 0) is 70.2 Å². The Morgan fingerprint density at radius 2 is 1.85 bits per heavy atom. The van der Waals surface area contributed by atoms with Crippen molar-refractivity contribution in [3.05, 3.63) is 84.3 Å². The number of anilines is 1. The van der Waals surface area contributed by atoms with Crippen LogP contribution in [0.4, 0.5) is 16.2 Å². The summed E-state index contributed by atoms with van der Waals surface area (Å²) < 4.78 is 7.07. The molecule has 1 fully saturated rings. The summed E-state index contributed by atoms with van der Waals surface area (Å²) in [5.41, 5.74) is 1.06. The average molecular weight is 607 g/mol. The van der Waals surface area contributed by atoms with E-state index in [2.05, 4.69) is 37.2 Å². The van der Waals surface area contributed by atoms with Crippen LogP contribution in [0.1, 0.15) is 5.76 Å². The fourth-order valence-electron chi connectivity index (χ4n) is 3.04. The number of non-ortho nitro benzene ring substituents is 1. The first-order valence-electron chi connectivity index (χ1n) is 9.56. The van der Waals surface area contributed by atoms with Crippen LogP contribution < -0.4 is 5.32 Å². The van der Waals surface area contributed by atoms with Gasteiger partial charge < -0.3 is 9.73 Å². The highest BCUT2D eigenvalue weighted by molar-refractivity contribution is 9.10. The zero-order valence-corrected chi connectivity index (χ0v) is 21.0. The van der Waals surface area contributed by atoms with Gasteiger partial charge in [-0.3, -0.25) is 29.4 Å². The van der Waals surface area contributed by atoms with Crippen molar-refractivity contribution in [3.63, 3.8) is 0 Å². The van der Waals surface area contributed by atoms with Crippen LogP contribution in [0.3, 0.4) is 0 Å². The molecule has 1 aliphatic rings. The molecule has 1 N–H and O–H groups in total. The lowest BCUT2D eigenvalue weighted by Crippen LogP contribution is -2.36. The van der Waals surface area contributed by atoms with Crippen LogP contribution >= 0.6 is 43.6 Å². The van der Waals surface area contributed by atoms with Gasteiger partial charge >= 0.3 is 0 Å². The molecule has 0 saturated carbocycles. The first-order chi connectivity index (χ1) is 16.2. The predicted molar refractivity (Wildman–Crippen MR) is 134 cm³/mol. The molecule has 1 aromatic heterocycles. The Kier molecular flexibility index (Phi) is 7.00. The molecule has 0 aliphatic carbocycles. The Bertz CT molecular complexity index is 1350. The molecule has 2 heterocycles. The number of halogens is 2. The molecule has 0 atom stereocenters. The minimum Gasteiger partial charge on any atom is -0.457 e. The lowest BCUT2D eigenvalue weighted by Gasteiger charge is -2.12. The summed E-state index contributed by atoms with van der Waals surface area (Å²) in [5, 5.41) is 13.0. The summed E-state index contributed by atoms with van der Waals surface area (Å²) in [6, 6.07) is 14.4. The molecule has 12 heteroatoms. The van der Waals surface area contributed by atoms with Crippen LogP contribution in [0.5, 0.6) is 0 Å². The molecule has 4 rings (SSSR count). The number of carbonyl (C=O) groups is 3. The standard InChI is InChI=1S/C22H13Br2N3O6S/c23-12-1-3-13(4-2-12)25-20(28)11-26-21(29)19(34-22(26)30)10-15-6-8-18(33-15)16-7-5-14(27(31)32)9-17(16)24/h1-10H,11H2,(H,25,28)/b19-10+. The van der Waals surface area contributed by atoms with E-state index in [1.165, 1.54) is 18.2 Å². The van der Waals surface area contributed by atoms with Crippen LogP contribution in [0, 0.1) is 10.1 Å². The molecule has 0 unspecified atom stereocenters. The summed E-state index contributed by atoms with van der Waals surface area (Å²) in [7, 11) is 0. The molecule has 9 nitrogen and oxygen atoms in total. The molecular formula is C22H13Br2N3O6S. The molecule has 3 amide bonds. The fourth-order valence-corrected chi connectivity index (χ4v) is 4.68. The van der Waals surface area contributed by atoms with Gasteiger partial charge in [-0.1, -0.05) is 15.9 Å². The molecule has 0 bridgehead atoms. The first kappa shape index (κ1) is 23.9. The lowest BCUT2D eigenvalue weighted by molar-refractivity contribution is -0.384. The van der Waals surface area contributed by atoms with Gasteiger partial charge in [0.25, 0.3) is 16.8 Å². The number of carbonyl (C=O) groups excluding carboxylic acids is 3. The monoisotopic (exact) mass is 605 g/mol. The number of furan rings is 1. The number of thioether (sulfide) groups is 1. The van der Waals surface area contributed by atoms with E-state index in [0.717, 1.165) is 9.37 Å². The third kappa shape index (κ3) is 5.29. The Hall–Kier alpha value is -3.22. The number of benzene rings is 2. The second-order valence-electron chi connectivity index (χ2n) is 6.95. The number of amides is 3. The van der Waals surface area contributed by atoms with Gasteiger partial charge in [0.1, 0.15) is 18.1 Å². The average Bonchev–Trinajstić information content (AvgIpc) is 3.35. The number of rotatable bonds is 6. The second kappa shape index (κ2) is 9.95. The van der Waals surface area contributed by atoms with E-state index in [4.69, 9.17) is 4.42 Å². The molecule has 34 heavy (non-hydrogen) atoms. The topological polar surface area (TPSA) is 123 Å². The molecule has 1 aliphatic heterocycles. The van der Waals surface area contributed by atoms with E-state index in [1.807, 2.05) is 0 Å². The van der Waals surface area contributed by atoms with Crippen molar-refractivity contribution < 1.29 is 23.7 Å². The minimum absolute atomic E-state index is 0.0692. The van der Waals surface area contributed by atoms with E-state index >= 15 is 0 Å². The van der Waals surface area contributed by atoms with Gasteiger partial charge in [-0.25, -0.2) is 0 Å². The van der Waals surface area contributed by atoms with E-state index < -0.39 is 28.5 Å². The Balaban J connectivity index is 1.46. The minimum atomic E-state index is -0.601. The molecular weight excluding hydrogens is 594 g/mol. The molecule has 172 valence electrons. The molecule has 2 aromatic carbocycles. The summed E-state index contributed by atoms with van der Waals surface area (Å²) in [6.45, 7) is -0.419. The van der Waals surface area contributed by atoms with Gasteiger partial charge in [0.05, 0.1) is 9.83 Å². The van der Waals surface area contributed by atoms with Gasteiger partial charge in [0, 0.05) is 38.4 Å². The van der Waals surface area contributed by atoms with Crippen LogP contribution in [-0.2, 0) is 9.59 Å². The van der Waals surface area contributed by atoms with Crippen molar-refractivity contribution in [2.75, 3.05) is 11.9 Å². The Morgan fingerprint density at radius 3 is 2.53 bits per heavy atom. The number of nitrogens with zero attached hydrogens (tertiary/aromatic N) is 2. The van der Waals surface area contributed by atoms with E-state index in [9.17, 15) is 24.5 Å². The molecule has 0 spiro atoms. The molecule has 0 radical (unpaired) electrons. The zero-order valence-electron chi connectivity index (χ0n) is 17.0. The third-order valence-electron chi connectivity index (χ3n) is 4.63. The van der Waals surface area contributed by atoms with Crippen LogP contribution in [0.25, 0.3) is 17.4 Å². The quantitative estimate of drug-likeness (QED) is 0.206. The highest BCUT2D eigenvalue weighted by atomic mass is 79.9. The molecule has 3 aromatic rings. The maximum Gasteiger partial charge on any atom is 0.294 e. The van der Waals surface area contributed by atoms with E-state index in [1.54, 1.807) is 42.5 Å². The number of imide groups is 1. The smallest absolute Gasteiger partial charge is 0.294 e. The fraction of sp³-hybridized carbons (Fsp3) is 0.0455. The number of nitro benzene ring substituents is 1. The van der Waals surface area contributed by atoms with E-state index in [-0.39, 0.29) is 10.6 Å². The highest BCUT2D eigenvalue weighted by Crippen LogP contribution is 2.35. The number of nitro groups is 1. The molecule has 1 saturated heterocycles. The van der Waals surface area contributed by atoms with Gasteiger partial charge in [-0.15, -0.1) is 0 Å². The largest absolute Gasteiger partial charge is 0.457 e. The van der Waals surface area contributed by atoms with Crippen LogP contribution in [-0.4, -0.2) is 33.4 Å². The summed E-state index contributed by atoms with van der Waals surface area (Å²) in [4.78, 5) is 48.7. The third-order valence-corrected chi connectivity index (χ3v) is 6.72. The number of hydrogen-bond donors (Lipinski definition) is 1. The second-order valence-corrected chi connectivity index (χ2v) is 9.71. The van der Waals surface area contributed by atoms with Crippen molar-refractivity contribution in [1.82, 2.24) is 4.90 Å². The van der Waals surface area contributed by atoms with E-state index in [0.29, 0.717) is 39.0 Å². The summed E-state index contributed by atoms with van der Waals surface area (Å²) >= 11 is 7.31. The van der Waals surface area contributed by atoms with Crippen LogP contribution in [0.15, 0.2) is 72.9 Å². The predicted octanol–water partition coefficient (Wildman–Crippen LogP) is 6.05. The van der Waals surface area contributed by atoms with Gasteiger partial charge in [-0.2, -0.15) is 0 Å². The van der Waals surface area contributed by atoms with Gasteiger partial charge in [0.2, 0.25) is 5.91 Å². The van der Waals surface area contributed by atoms with Crippen molar-refractivity contribution in [2.24, 2.45) is 0 Å². The maximum atomic E-state index is 12.7. The Labute approximate surface area is 213 Å². The summed E-state index contributed by atoms with van der Waals surface area (Å²) in [6.07, 6.45) is 1.42. The van der Waals surface area contributed by atoms with Crippen molar-refractivity contribution >= 4 is 78.1 Å². The number of hydrogen-bond acceptors (Lipinski definition) is 7. The first-order valence-corrected chi connectivity index (χ1v) is 12.0. The lowest BCUT2D eigenvalue weighted by atomic mass is 10.1. The SMILES string of the molecule is O=C(CN1C(=O)S/C(=C/c2ccc(-c3ccc([N+](=O)[O-])cc3Br)o2)C1=O)Nc1ccc(Br)cc1. The normalized spacial score (nSPS) is 14.6. The number of nitrogens with one attached hydrogen (secondary N) is 1. The van der Waals surface area contributed by atoms with Gasteiger partial charge in [0.15, 0.2) is 0 Å². The summed E-state index contributed by atoms with van der Waals surface area (Å²) in [5.74, 6) is -0.379.